The topological polar surface area (TPSA) is 56.0 Å². The maximum atomic E-state index is 13.9. The molecule has 3 aromatic rings. The monoisotopic (exact) mass is 521 g/mol. The number of benzene rings is 1. The van der Waals surface area contributed by atoms with Crippen LogP contribution in [0.25, 0.3) is 5.69 Å². The Hall–Kier alpha value is -2.41. The molecule has 6 nitrogen and oxygen atoms in total. The predicted molar refractivity (Wildman–Crippen MR) is 135 cm³/mol. The largest absolute Gasteiger partial charge is 0.336 e. The number of carbonyl (C=O) groups is 1. The average Bonchev–Trinajstić information content (AvgIpc) is 3.43. The fraction of sp³-hybridized carbons (Fsp3) is 0.519. The van der Waals surface area contributed by atoms with E-state index in [1.165, 1.54) is 38.5 Å². The Morgan fingerprint density at radius 2 is 1.71 bits per heavy atom. The first-order valence-corrected chi connectivity index (χ1v) is 13.4. The number of aromatic nitrogens is 4. The van der Waals surface area contributed by atoms with Crippen LogP contribution in [0.4, 0.5) is 0 Å². The van der Waals surface area contributed by atoms with Crippen LogP contribution in [-0.2, 0) is 18.5 Å². The van der Waals surface area contributed by atoms with Gasteiger partial charge in [0.1, 0.15) is 0 Å². The third-order valence-electron chi connectivity index (χ3n) is 8.35. The Kier molecular flexibility index (Phi) is 5.43. The van der Waals surface area contributed by atoms with Crippen LogP contribution in [0.5, 0.6) is 0 Å². The van der Waals surface area contributed by atoms with Crippen LogP contribution >= 0.6 is 15.9 Å². The zero-order valence-electron chi connectivity index (χ0n) is 20.0. The Morgan fingerprint density at radius 1 is 1.06 bits per heavy atom. The van der Waals surface area contributed by atoms with Gasteiger partial charge in [-0.05, 0) is 91.3 Å². The third-order valence-corrected chi connectivity index (χ3v) is 9.01. The Balaban J connectivity index is 1.38. The van der Waals surface area contributed by atoms with Gasteiger partial charge < -0.3 is 4.90 Å². The fourth-order valence-corrected chi connectivity index (χ4v) is 7.69. The van der Waals surface area contributed by atoms with Gasteiger partial charge in [-0.15, -0.1) is 0 Å². The minimum absolute atomic E-state index is 0.0332. The molecule has 0 unspecified atom stereocenters. The van der Waals surface area contributed by atoms with E-state index in [-0.39, 0.29) is 11.3 Å². The molecule has 0 N–H and O–H groups in total. The molecule has 7 heteroatoms. The van der Waals surface area contributed by atoms with Crippen molar-refractivity contribution in [2.45, 2.75) is 64.0 Å². The first-order valence-electron chi connectivity index (χ1n) is 12.6. The molecule has 1 amide bonds. The third kappa shape index (κ3) is 3.72. The van der Waals surface area contributed by atoms with Crippen molar-refractivity contribution in [2.75, 3.05) is 7.05 Å². The highest BCUT2D eigenvalue weighted by Gasteiger charge is 2.54. The van der Waals surface area contributed by atoms with Crippen LogP contribution in [0.15, 0.2) is 47.2 Å². The second-order valence-electron chi connectivity index (χ2n) is 10.8. The number of aryl methyl sites for hydroxylation is 1. The van der Waals surface area contributed by atoms with Gasteiger partial charge in [-0.1, -0.05) is 18.2 Å². The van der Waals surface area contributed by atoms with Crippen molar-refractivity contribution in [2.24, 2.45) is 17.8 Å². The number of nitrogens with zero attached hydrogens (tertiary/aromatic N) is 5. The molecule has 0 aliphatic heterocycles. The zero-order chi connectivity index (χ0) is 23.4. The van der Waals surface area contributed by atoms with Crippen molar-refractivity contribution >= 4 is 21.8 Å². The highest BCUT2D eigenvalue weighted by Crippen LogP contribution is 2.61. The van der Waals surface area contributed by atoms with Crippen molar-refractivity contribution in [3.05, 3.63) is 64.1 Å². The molecule has 4 fully saturated rings. The van der Waals surface area contributed by atoms with E-state index < -0.39 is 0 Å². The molecule has 34 heavy (non-hydrogen) atoms. The maximum absolute atomic E-state index is 13.9. The van der Waals surface area contributed by atoms with E-state index in [1.807, 2.05) is 47.0 Å². The van der Waals surface area contributed by atoms with E-state index in [4.69, 9.17) is 5.10 Å². The number of halogens is 1. The number of para-hydroxylation sites is 1. The summed E-state index contributed by atoms with van der Waals surface area (Å²) in [6, 6.07) is 10.2. The summed E-state index contributed by atoms with van der Waals surface area (Å²) < 4.78 is 4.76. The molecule has 178 valence electrons. The molecule has 4 bridgehead atoms. The van der Waals surface area contributed by atoms with Gasteiger partial charge in [-0.2, -0.15) is 10.2 Å². The van der Waals surface area contributed by atoms with E-state index in [1.54, 1.807) is 4.90 Å². The van der Waals surface area contributed by atoms with Crippen molar-refractivity contribution in [1.29, 1.82) is 0 Å². The van der Waals surface area contributed by atoms with Crippen LogP contribution in [0.1, 0.15) is 67.2 Å². The molecule has 0 saturated heterocycles. The molecule has 2 heterocycles. The van der Waals surface area contributed by atoms with Gasteiger partial charge >= 0.3 is 0 Å². The van der Waals surface area contributed by atoms with E-state index >= 15 is 0 Å². The van der Waals surface area contributed by atoms with Gasteiger partial charge in [0.25, 0.3) is 5.91 Å². The van der Waals surface area contributed by atoms with Crippen LogP contribution in [0, 0.1) is 17.8 Å². The Morgan fingerprint density at radius 3 is 2.29 bits per heavy atom. The lowest BCUT2D eigenvalue weighted by atomic mass is 9.48. The van der Waals surface area contributed by atoms with E-state index in [0.29, 0.717) is 6.54 Å². The van der Waals surface area contributed by atoms with Crippen molar-refractivity contribution in [3.63, 3.8) is 0 Å². The quantitative estimate of drug-likeness (QED) is 0.424. The van der Waals surface area contributed by atoms with Crippen LogP contribution < -0.4 is 0 Å². The van der Waals surface area contributed by atoms with Gasteiger partial charge in [0.2, 0.25) is 0 Å². The second-order valence-corrected chi connectivity index (χ2v) is 11.7. The van der Waals surface area contributed by atoms with Gasteiger partial charge in [0.05, 0.1) is 33.7 Å². The average molecular weight is 522 g/mol. The summed E-state index contributed by atoms with van der Waals surface area (Å²) >= 11 is 3.61. The normalized spacial score (nSPS) is 27.3. The molecule has 1 aromatic carbocycles. The molecular formula is C27H32BrN5O. The summed E-state index contributed by atoms with van der Waals surface area (Å²) in [5.74, 6) is 2.42. The van der Waals surface area contributed by atoms with Gasteiger partial charge in [-0.3, -0.25) is 9.48 Å². The standard InChI is InChI=1S/C27H32BrN5O/c1-3-32-16-23(28)24(29-32)17-31(2)26(34)22-15-33(21-7-5-4-6-8-21)30-25(22)27-12-18-9-19(13-27)11-20(10-18)14-27/h4-8,15-16,18-20H,3,9-14,17H2,1-2H3. The van der Waals surface area contributed by atoms with Crippen LogP contribution in [0.3, 0.4) is 0 Å². The van der Waals surface area contributed by atoms with E-state index in [0.717, 1.165) is 51.4 Å². The molecule has 7 rings (SSSR count). The summed E-state index contributed by atoms with van der Waals surface area (Å²) in [6.45, 7) is 3.33. The molecule has 4 aliphatic rings. The smallest absolute Gasteiger partial charge is 0.257 e. The predicted octanol–water partition coefficient (Wildman–Crippen LogP) is 5.59. The summed E-state index contributed by atoms with van der Waals surface area (Å²) in [5.41, 5.74) is 3.72. The molecule has 0 radical (unpaired) electrons. The molecule has 4 saturated carbocycles. The van der Waals surface area contributed by atoms with E-state index in [9.17, 15) is 4.79 Å². The van der Waals surface area contributed by atoms with Crippen molar-refractivity contribution < 1.29 is 4.79 Å². The Bertz CT molecular complexity index is 1180. The summed E-state index contributed by atoms with van der Waals surface area (Å²) in [4.78, 5) is 15.7. The lowest BCUT2D eigenvalue weighted by Crippen LogP contribution is -2.49. The molecule has 2 aromatic heterocycles. The Labute approximate surface area is 209 Å². The summed E-state index contributed by atoms with van der Waals surface area (Å²) in [7, 11) is 1.88. The first kappa shape index (κ1) is 22.1. The SMILES string of the molecule is CCn1cc(Br)c(CN(C)C(=O)c2cn(-c3ccccc3)nc2C23CC4CC(CC(C4)C2)C3)n1. The van der Waals surface area contributed by atoms with E-state index in [2.05, 4.69) is 40.1 Å². The highest BCUT2D eigenvalue weighted by molar-refractivity contribution is 9.10. The van der Waals surface area contributed by atoms with Gasteiger partial charge in [-0.25, -0.2) is 4.68 Å². The lowest BCUT2D eigenvalue weighted by Gasteiger charge is -2.56. The number of rotatable bonds is 6. The zero-order valence-corrected chi connectivity index (χ0v) is 21.5. The molecular weight excluding hydrogens is 490 g/mol. The number of hydrogen-bond acceptors (Lipinski definition) is 3. The van der Waals surface area contributed by atoms with Gasteiger partial charge in [0, 0.05) is 31.4 Å². The molecule has 0 spiro atoms. The first-order chi connectivity index (χ1) is 16.4. The molecule has 4 aliphatic carbocycles. The number of hydrogen-bond donors (Lipinski definition) is 0. The summed E-state index contributed by atoms with van der Waals surface area (Å²) in [6.07, 6.45) is 11.6. The maximum Gasteiger partial charge on any atom is 0.257 e. The number of amides is 1. The minimum Gasteiger partial charge on any atom is -0.336 e. The second kappa shape index (κ2) is 8.36. The van der Waals surface area contributed by atoms with Gasteiger partial charge in [0.15, 0.2) is 0 Å². The lowest BCUT2D eigenvalue weighted by molar-refractivity contribution is -0.00783. The fourth-order valence-electron chi connectivity index (χ4n) is 7.24. The highest BCUT2D eigenvalue weighted by atomic mass is 79.9. The van der Waals surface area contributed by atoms with Crippen molar-refractivity contribution in [1.82, 2.24) is 24.5 Å². The van der Waals surface area contributed by atoms with Crippen LogP contribution in [0.2, 0.25) is 0 Å². The summed E-state index contributed by atoms with van der Waals surface area (Å²) in [5, 5.41) is 9.79. The van der Waals surface area contributed by atoms with Crippen LogP contribution in [-0.4, -0.2) is 37.4 Å². The molecule has 0 atom stereocenters. The van der Waals surface area contributed by atoms with Crippen molar-refractivity contribution in [3.8, 4) is 5.69 Å². The minimum atomic E-state index is 0.0332. The number of carbonyl (C=O) groups excluding carboxylic acids is 1.